The van der Waals surface area contributed by atoms with Crippen molar-refractivity contribution >= 4 is 12.0 Å². The van der Waals surface area contributed by atoms with Crippen molar-refractivity contribution in [1.82, 2.24) is 10.2 Å². The highest BCUT2D eigenvalue weighted by Gasteiger charge is 2.44. The summed E-state index contributed by atoms with van der Waals surface area (Å²) in [4.78, 5) is 25.0. The average Bonchev–Trinajstić information content (AvgIpc) is 3.23. The monoisotopic (exact) mass is 266 g/mol. The Bertz CT molecular complexity index is 378. The Morgan fingerprint density at radius 1 is 1.16 bits per heavy atom. The number of hydrogen-bond donors (Lipinski definition) is 2. The summed E-state index contributed by atoms with van der Waals surface area (Å²) in [5.74, 6) is 0.192. The topological polar surface area (TPSA) is 69.6 Å². The van der Waals surface area contributed by atoms with Gasteiger partial charge in [0.2, 0.25) is 0 Å². The molecule has 2 atom stereocenters. The number of amides is 2. The van der Waals surface area contributed by atoms with Crippen LogP contribution in [0.5, 0.6) is 0 Å². The van der Waals surface area contributed by atoms with Gasteiger partial charge >= 0.3 is 12.0 Å². The van der Waals surface area contributed by atoms with Crippen molar-refractivity contribution < 1.29 is 14.7 Å². The summed E-state index contributed by atoms with van der Waals surface area (Å²) in [5, 5.41) is 12.3. The smallest absolute Gasteiger partial charge is 0.317 e. The highest BCUT2D eigenvalue weighted by Crippen LogP contribution is 2.44. The fourth-order valence-electron chi connectivity index (χ4n) is 3.22. The maximum atomic E-state index is 12.3. The van der Waals surface area contributed by atoms with Gasteiger partial charge in [-0.25, -0.2) is 4.79 Å². The maximum absolute atomic E-state index is 12.3. The van der Waals surface area contributed by atoms with Gasteiger partial charge in [-0.1, -0.05) is 6.92 Å². The van der Waals surface area contributed by atoms with Gasteiger partial charge in [-0.2, -0.15) is 0 Å². The van der Waals surface area contributed by atoms with Crippen molar-refractivity contribution in [2.45, 2.75) is 38.6 Å². The summed E-state index contributed by atoms with van der Waals surface area (Å²) in [6.07, 6.45) is 4.93. The molecular formula is C14H22N2O3. The number of carboxylic acids is 1. The number of aliphatic carboxylic acids is 1. The van der Waals surface area contributed by atoms with E-state index >= 15 is 0 Å². The second kappa shape index (κ2) is 4.69. The summed E-state index contributed by atoms with van der Waals surface area (Å²) < 4.78 is 0. The molecule has 19 heavy (non-hydrogen) atoms. The second-order valence-corrected chi connectivity index (χ2v) is 6.48. The molecule has 3 rings (SSSR count). The number of likely N-dealkylation sites (tertiary alicyclic amines) is 1. The highest BCUT2D eigenvalue weighted by molar-refractivity contribution is 5.78. The van der Waals surface area contributed by atoms with Crippen LogP contribution in [0.1, 0.15) is 32.6 Å². The zero-order valence-corrected chi connectivity index (χ0v) is 11.3. The fourth-order valence-corrected chi connectivity index (χ4v) is 3.22. The number of carbonyl (C=O) groups excluding carboxylic acids is 1. The number of rotatable bonds is 4. The lowest BCUT2D eigenvalue weighted by molar-refractivity contribution is -0.142. The van der Waals surface area contributed by atoms with Gasteiger partial charge < -0.3 is 15.3 Å². The van der Waals surface area contributed by atoms with E-state index in [-0.39, 0.29) is 11.9 Å². The molecule has 106 valence electrons. The quantitative estimate of drug-likeness (QED) is 0.811. The summed E-state index contributed by atoms with van der Waals surface area (Å²) in [6.45, 7) is 2.82. The van der Waals surface area contributed by atoms with Gasteiger partial charge in [0.1, 0.15) is 0 Å². The molecule has 5 heteroatoms. The summed E-state index contributed by atoms with van der Waals surface area (Å²) in [6, 6.07) is 0.283. The Balaban J connectivity index is 1.57. The molecule has 2 amide bonds. The van der Waals surface area contributed by atoms with Crippen LogP contribution in [-0.4, -0.2) is 41.1 Å². The van der Waals surface area contributed by atoms with Gasteiger partial charge in [-0.3, -0.25) is 4.79 Å². The van der Waals surface area contributed by atoms with E-state index in [2.05, 4.69) is 5.32 Å². The molecule has 1 heterocycles. The molecule has 0 bridgehead atoms. The number of nitrogens with zero attached hydrogens (tertiary/aromatic N) is 1. The molecular weight excluding hydrogens is 244 g/mol. The molecule has 5 nitrogen and oxygen atoms in total. The summed E-state index contributed by atoms with van der Waals surface area (Å²) in [7, 11) is 0. The van der Waals surface area contributed by atoms with E-state index in [4.69, 9.17) is 5.11 Å². The van der Waals surface area contributed by atoms with E-state index in [1.165, 1.54) is 25.7 Å². The van der Waals surface area contributed by atoms with E-state index < -0.39 is 11.9 Å². The zero-order chi connectivity index (χ0) is 13.6. The van der Waals surface area contributed by atoms with Gasteiger partial charge in [0.25, 0.3) is 0 Å². The van der Waals surface area contributed by atoms with Crippen LogP contribution in [0, 0.1) is 23.7 Å². The molecule has 0 aromatic rings. The molecule has 1 aliphatic heterocycles. The molecule has 3 fully saturated rings. The molecule has 3 aliphatic rings. The predicted molar refractivity (Wildman–Crippen MR) is 69.6 cm³/mol. The third kappa shape index (κ3) is 2.69. The first-order chi connectivity index (χ1) is 9.06. The lowest BCUT2D eigenvalue weighted by Crippen LogP contribution is -2.46. The average molecular weight is 266 g/mol. The molecule has 2 aliphatic carbocycles. The highest BCUT2D eigenvalue weighted by atomic mass is 16.4. The van der Waals surface area contributed by atoms with Crippen LogP contribution >= 0.6 is 0 Å². The minimum Gasteiger partial charge on any atom is -0.481 e. The molecule has 0 radical (unpaired) electrons. The number of carboxylic acid groups (broad SMARTS) is 1. The van der Waals surface area contributed by atoms with Crippen LogP contribution in [-0.2, 0) is 4.79 Å². The van der Waals surface area contributed by atoms with E-state index in [1.54, 1.807) is 4.90 Å². The van der Waals surface area contributed by atoms with Crippen LogP contribution in [0.15, 0.2) is 0 Å². The number of carbonyl (C=O) groups is 2. The Hall–Kier alpha value is -1.26. The van der Waals surface area contributed by atoms with Crippen LogP contribution in [0.25, 0.3) is 0 Å². The number of nitrogens with one attached hydrogen (secondary N) is 1. The third-order valence-corrected chi connectivity index (χ3v) is 4.77. The van der Waals surface area contributed by atoms with Crippen molar-refractivity contribution in [2.24, 2.45) is 23.7 Å². The SMILES string of the molecule is C[C@@H]1CN(C(=O)NC(C2CC2)C2CC2)C[C@H]1C(=O)O. The van der Waals surface area contributed by atoms with Gasteiger partial charge in [-0.15, -0.1) is 0 Å². The Morgan fingerprint density at radius 2 is 1.74 bits per heavy atom. The first kappa shape index (κ1) is 12.8. The van der Waals surface area contributed by atoms with Gasteiger partial charge in [0, 0.05) is 19.1 Å². The molecule has 1 saturated heterocycles. The first-order valence-electron chi connectivity index (χ1n) is 7.34. The summed E-state index contributed by atoms with van der Waals surface area (Å²) >= 11 is 0. The normalized spacial score (nSPS) is 30.7. The van der Waals surface area contributed by atoms with Crippen molar-refractivity contribution in [1.29, 1.82) is 0 Å². The lowest BCUT2D eigenvalue weighted by Gasteiger charge is -2.23. The fraction of sp³-hybridized carbons (Fsp3) is 0.857. The van der Waals surface area contributed by atoms with E-state index in [9.17, 15) is 9.59 Å². The molecule has 0 spiro atoms. The summed E-state index contributed by atoms with van der Waals surface area (Å²) in [5.41, 5.74) is 0. The van der Waals surface area contributed by atoms with Crippen molar-refractivity contribution in [3.63, 3.8) is 0 Å². The number of urea groups is 1. The third-order valence-electron chi connectivity index (χ3n) is 4.77. The number of hydrogen-bond acceptors (Lipinski definition) is 2. The largest absolute Gasteiger partial charge is 0.481 e. The minimum atomic E-state index is -0.788. The first-order valence-corrected chi connectivity index (χ1v) is 7.34. The molecule has 0 aromatic carbocycles. The zero-order valence-electron chi connectivity index (χ0n) is 11.3. The lowest BCUT2D eigenvalue weighted by atomic mass is 9.99. The van der Waals surface area contributed by atoms with Crippen molar-refractivity contribution in [3.8, 4) is 0 Å². The minimum absolute atomic E-state index is 0.0450. The van der Waals surface area contributed by atoms with E-state index in [1.807, 2.05) is 6.92 Å². The van der Waals surface area contributed by atoms with Gasteiger partial charge in [0.15, 0.2) is 0 Å². The standard InChI is InChI=1S/C14H22N2O3/c1-8-6-16(7-11(8)13(17)18)14(19)15-12(9-2-3-9)10-4-5-10/h8-12H,2-7H2,1H3,(H,15,19)(H,17,18)/t8-,11-/m1/s1. The predicted octanol–water partition coefficient (Wildman–Crippen LogP) is 1.54. The molecule has 0 aromatic heterocycles. The van der Waals surface area contributed by atoms with Crippen LogP contribution in [0.2, 0.25) is 0 Å². The van der Waals surface area contributed by atoms with Crippen LogP contribution < -0.4 is 5.32 Å². The van der Waals surface area contributed by atoms with Crippen LogP contribution in [0.4, 0.5) is 4.79 Å². The van der Waals surface area contributed by atoms with E-state index in [0.717, 1.165) is 0 Å². The van der Waals surface area contributed by atoms with Crippen molar-refractivity contribution in [3.05, 3.63) is 0 Å². The van der Waals surface area contributed by atoms with E-state index in [0.29, 0.717) is 31.0 Å². The maximum Gasteiger partial charge on any atom is 0.317 e. The second-order valence-electron chi connectivity index (χ2n) is 6.48. The molecule has 2 N–H and O–H groups in total. The molecule has 0 unspecified atom stereocenters. The van der Waals surface area contributed by atoms with Crippen molar-refractivity contribution in [2.75, 3.05) is 13.1 Å². The van der Waals surface area contributed by atoms with Crippen LogP contribution in [0.3, 0.4) is 0 Å². The Kier molecular flexibility index (Phi) is 3.15. The molecule has 2 saturated carbocycles. The Morgan fingerprint density at radius 3 is 2.16 bits per heavy atom. The Labute approximate surface area is 113 Å². The van der Waals surface area contributed by atoms with Gasteiger partial charge in [0.05, 0.1) is 5.92 Å². The van der Waals surface area contributed by atoms with Gasteiger partial charge in [-0.05, 0) is 43.4 Å².